The molecule has 1 aromatic carbocycles. The van der Waals surface area contributed by atoms with Gasteiger partial charge in [-0.05, 0) is 31.7 Å². The fourth-order valence-electron chi connectivity index (χ4n) is 5.05. The number of carbonyl (C=O) groups is 3. The van der Waals surface area contributed by atoms with E-state index in [0.29, 0.717) is 77.5 Å². The summed E-state index contributed by atoms with van der Waals surface area (Å²) in [6.07, 6.45) is 0.933. The van der Waals surface area contributed by atoms with Crippen molar-refractivity contribution in [2.24, 2.45) is 0 Å². The number of hydrazine groups is 1. The van der Waals surface area contributed by atoms with Crippen LogP contribution in [0.5, 0.6) is 0 Å². The first kappa shape index (κ1) is 23.8. The highest BCUT2D eigenvalue weighted by atomic mass is 32.1. The largest absolute Gasteiger partial charge is 0.379 e. The van der Waals surface area contributed by atoms with E-state index in [9.17, 15) is 14.4 Å². The number of amides is 3. The molecule has 0 bridgehead atoms. The lowest BCUT2D eigenvalue weighted by Crippen LogP contribution is -2.49. The molecule has 3 amide bonds. The maximum atomic E-state index is 13.6. The van der Waals surface area contributed by atoms with Crippen molar-refractivity contribution < 1.29 is 19.1 Å². The van der Waals surface area contributed by atoms with E-state index in [2.05, 4.69) is 26.3 Å². The molecule has 12 heteroatoms. The van der Waals surface area contributed by atoms with Crippen LogP contribution in [0.3, 0.4) is 0 Å². The van der Waals surface area contributed by atoms with E-state index < -0.39 is 6.03 Å². The van der Waals surface area contributed by atoms with Crippen molar-refractivity contribution in [3.8, 4) is 21.8 Å². The number of morpholine rings is 1. The third-order valence-electron chi connectivity index (χ3n) is 7.01. The third-order valence-corrected chi connectivity index (χ3v) is 8.10. The van der Waals surface area contributed by atoms with Crippen LogP contribution in [0.2, 0.25) is 0 Å². The second-order valence-corrected chi connectivity index (χ2v) is 10.3. The maximum Gasteiger partial charge on any atom is 0.333 e. The molecule has 0 saturated carbocycles. The molecular formula is C25H27N7O4S. The first-order chi connectivity index (χ1) is 18.0. The van der Waals surface area contributed by atoms with Gasteiger partial charge in [-0.2, -0.15) is 5.10 Å². The Labute approximate surface area is 217 Å². The number of hydrogen-bond donors (Lipinski definition) is 4. The number of ether oxygens (including phenoxy) is 1. The number of aromatic amines is 1. The number of likely N-dealkylation sites (N-methyl/N-ethyl adjacent to an activating group) is 1. The van der Waals surface area contributed by atoms with E-state index in [1.165, 1.54) is 11.3 Å². The van der Waals surface area contributed by atoms with Gasteiger partial charge in [-0.25, -0.2) is 9.80 Å². The molecular weight excluding hydrogens is 494 g/mol. The summed E-state index contributed by atoms with van der Waals surface area (Å²) in [7, 11) is 1.91. The summed E-state index contributed by atoms with van der Waals surface area (Å²) in [5.41, 5.74) is 5.88. The number of thiophene rings is 1. The number of H-pyrrole nitrogens is 1. The van der Waals surface area contributed by atoms with E-state index in [0.717, 1.165) is 17.8 Å². The standard InChI is InChI=1S/C25H27N7O4S/c1-26-14-7-8-31(13-14)24(34)18-6-5-17(37-18)22-20-21(28-29-22)15-3-2-4-16(19(15)23(20)33)27-25(35)30-32-9-11-36-12-10-32/h2-6,14,26H,7-13H2,1H3,(H,28,29)(H2,27,30,35)/t14-/m0/s1. The van der Waals surface area contributed by atoms with Crippen LogP contribution < -0.4 is 16.1 Å². The summed E-state index contributed by atoms with van der Waals surface area (Å²) in [4.78, 5) is 42.5. The van der Waals surface area contributed by atoms with Gasteiger partial charge in [0, 0.05) is 37.8 Å². The summed E-state index contributed by atoms with van der Waals surface area (Å²) >= 11 is 1.34. The monoisotopic (exact) mass is 521 g/mol. The van der Waals surface area contributed by atoms with E-state index in [1.54, 1.807) is 23.2 Å². The van der Waals surface area contributed by atoms with Gasteiger partial charge >= 0.3 is 6.03 Å². The Morgan fingerprint density at radius 1 is 1.14 bits per heavy atom. The van der Waals surface area contributed by atoms with Gasteiger partial charge in [0.2, 0.25) is 0 Å². The van der Waals surface area contributed by atoms with Crippen LogP contribution in [-0.4, -0.2) is 90.3 Å². The first-order valence-corrected chi connectivity index (χ1v) is 13.1. The Balaban J connectivity index is 1.23. The summed E-state index contributed by atoms with van der Waals surface area (Å²) in [5.74, 6) is -0.216. The zero-order valence-corrected chi connectivity index (χ0v) is 21.1. The lowest BCUT2D eigenvalue weighted by Gasteiger charge is -2.27. The quantitative estimate of drug-likeness (QED) is 0.316. The Hall–Kier alpha value is -3.58. The van der Waals surface area contributed by atoms with Gasteiger partial charge in [-0.1, -0.05) is 12.1 Å². The summed E-state index contributed by atoms with van der Waals surface area (Å²) in [6.45, 7) is 3.69. The number of fused-ring (bicyclic) bond motifs is 3. The van der Waals surface area contributed by atoms with Crippen molar-refractivity contribution in [2.45, 2.75) is 12.5 Å². The predicted molar refractivity (Wildman–Crippen MR) is 139 cm³/mol. The van der Waals surface area contributed by atoms with Crippen LogP contribution in [0.25, 0.3) is 21.8 Å². The summed E-state index contributed by atoms with van der Waals surface area (Å²) in [5, 5.41) is 15.3. The molecule has 0 radical (unpaired) electrons. The molecule has 3 aromatic rings. The molecule has 3 aliphatic rings. The van der Waals surface area contributed by atoms with Crippen molar-refractivity contribution in [1.82, 2.24) is 30.8 Å². The van der Waals surface area contributed by atoms with Crippen LogP contribution in [0.15, 0.2) is 30.3 Å². The number of aromatic nitrogens is 2. The van der Waals surface area contributed by atoms with Crippen LogP contribution in [0, 0.1) is 0 Å². The van der Waals surface area contributed by atoms with E-state index in [4.69, 9.17) is 4.74 Å². The highest BCUT2D eigenvalue weighted by Crippen LogP contribution is 2.44. The number of rotatable bonds is 5. The molecule has 2 aliphatic heterocycles. The number of urea groups is 1. The molecule has 6 rings (SSSR count). The molecule has 11 nitrogen and oxygen atoms in total. The number of benzene rings is 1. The number of nitrogens with zero attached hydrogens (tertiary/aromatic N) is 3. The van der Waals surface area contributed by atoms with Crippen molar-refractivity contribution >= 4 is 34.7 Å². The molecule has 4 heterocycles. The number of carbonyl (C=O) groups excluding carboxylic acids is 3. The van der Waals surface area contributed by atoms with Crippen molar-refractivity contribution in [2.75, 3.05) is 51.8 Å². The van der Waals surface area contributed by atoms with Gasteiger partial charge in [-0.3, -0.25) is 20.1 Å². The maximum absolute atomic E-state index is 13.6. The van der Waals surface area contributed by atoms with E-state index in [1.807, 2.05) is 24.1 Å². The number of ketones is 1. The molecule has 0 unspecified atom stereocenters. The number of likely N-dealkylation sites (tertiary alicyclic amines) is 1. The fourth-order valence-corrected chi connectivity index (χ4v) is 6.03. The average molecular weight is 522 g/mol. The number of anilines is 1. The van der Waals surface area contributed by atoms with Gasteiger partial charge in [0.1, 0.15) is 5.69 Å². The molecule has 2 fully saturated rings. The Morgan fingerprint density at radius 3 is 2.76 bits per heavy atom. The number of hydrogen-bond acceptors (Lipinski definition) is 8. The summed E-state index contributed by atoms with van der Waals surface area (Å²) in [6, 6.07) is 8.87. The van der Waals surface area contributed by atoms with Crippen LogP contribution in [0.1, 0.15) is 32.0 Å². The van der Waals surface area contributed by atoms with Gasteiger partial charge in [0.25, 0.3) is 5.91 Å². The van der Waals surface area contributed by atoms with Gasteiger partial charge in [0.15, 0.2) is 5.78 Å². The second kappa shape index (κ2) is 9.71. The lowest BCUT2D eigenvalue weighted by atomic mass is 10.1. The van der Waals surface area contributed by atoms with Crippen LogP contribution >= 0.6 is 11.3 Å². The number of nitrogens with one attached hydrogen (secondary N) is 4. The van der Waals surface area contributed by atoms with Gasteiger partial charge in [-0.15, -0.1) is 11.3 Å². The smallest absolute Gasteiger partial charge is 0.333 e. The second-order valence-electron chi connectivity index (χ2n) is 9.23. The molecule has 2 saturated heterocycles. The third kappa shape index (κ3) is 4.31. The highest BCUT2D eigenvalue weighted by molar-refractivity contribution is 7.17. The van der Waals surface area contributed by atoms with Crippen molar-refractivity contribution in [3.05, 3.63) is 46.3 Å². The zero-order valence-electron chi connectivity index (χ0n) is 20.3. The highest BCUT2D eigenvalue weighted by Gasteiger charge is 2.36. The van der Waals surface area contributed by atoms with Gasteiger partial charge < -0.3 is 20.3 Å². The normalized spacial score (nSPS) is 19.1. The molecule has 192 valence electrons. The minimum atomic E-state index is -0.418. The lowest BCUT2D eigenvalue weighted by molar-refractivity contribution is 0.0207. The average Bonchev–Trinajstić information content (AvgIpc) is 3.70. The zero-order chi connectivity index (χ0) is 25.5. The van der Waals surface area contributed by atoms with E-state index >= 15 is 0 Å². The Morgan fingerprint density at radius 2 is 1.97 bits per heavy atom. The molecule has 2 aromatic heterocycles. The molecule has 1 atom stereocenters. The Kier molecular flexibility index (Phi) is 6.24. The molecule has 0 spiro atoms. The van der Waals surface area contributed by atoms with E-state index in [-0.39, 0.29) is 11.7 Å². The predicted octanol–water partition coefficient (Wildman–Crippen LogP) is 2.15. The van der Waals surface area contributed by atoms with Crippen LogP contribution in [0.4, 0.5) is 10.5 Å². The summed E-state index contributed by atoms with van der Waals surface area (Å²) < 4.78 is 5.31. The first-order valence-electron chi connectivity index (χ1n) is 12.3. The van der Waals surface area contributed by atoms with Gasteiger partial charge in [0.05, 0.1) is 45.5 Å². The van der Waals surface area contributed by atoms with Crippen molar-refractivity contribution in [1.29, 1.82) is 0 Å². The topological polar surface area (TPSA) is 132 Å². The Bertz CT molecular complexity index is 1380. The SMILES string of the molecule is CN[C@H]1CCN(C(=O)c2ccc(-c3[nH]nc4c3C(=O)c3c(NC(=O)NN5CCOCC5)cccc3-4)s2)C1. The minimum Gasteiger partial charge on any atom is -0.379 e. The van der Waals surface area contributed by atoms with Crippen LogP contribution in [-0.2, 0) is 4.74 Å². The fraction of sp³-hybridized carbons (Fsp3) is 0.360. The molecule has 1 aliphatic carbocycles. The van der Waals surface area contributed by atoms with Crippen molar-refractivity contribution in [3.63, 3.8) is 0 Å². The molecule has 37 heavy (non-hydrogen) atoms. The molecule has 4 N–H and O–H groups in total. The minimum absolute atomic E-state index is 0.00228.